The Morgan fingerprint density at radius 1 is 1.19 bits per heavy atom. The lowest BCUT2D eigenvalue weighted by Gasteiger charge is -2.04. The van der Waals surface area contributed by atoms with Gasteiger partial charge in [-0.15, -0.1) is 0 Å². The van der Waals surface area contributed by atoms with Crippen LogP contribution in [0, 0.1) is 0 Å². The van der Waals surface area contributed by atoms with E-state index >= 15 is 0 Å². The highest BCUT2D eigenvalue weighted by molar-refractivity contribution is 6.08. The van der Waals surface area contributed by atoms with Gasteiger partial charge in [-0.2, -0.15) is 0 Å². The molecule has 2 heterocycles. The molecule has 0 aliphatic rings. The first kappa shape index (κ1) is 13.2. The van der Waals surface area contributed by atoms with Gasteiger partial charge in [0.2, 0.25) is 5.78 Å². The van der Waals surface area contributed by atoms with Gasteiger partial charge in [0.15, 0.2) is 5.76 Å². The zero-order valence-electron chi connectivity index (χ0n) is 11.4. The second-order valence-corrected chi connectivity index (χ2v) is 4.82. The summed E-state index contributed by atoms with van der Waals surface area (Å²) in [6.45, 7) is 0. The van der Waals surface area contributed by atoms with Crippen LogP contribution < -0.4 is 0 Å². The van der Waals surface area contributed by atoms with Crippen LogP contribution >= 0.6 is 0 Å². The van der Waals surface area contributed by atoms with Gasteiger partial charge < -0.3 is 14.1 Å². The van der Waals surface area contributed by atoms with Crippen LogP contribution in [-0.4, -0.2) is 21.4 Å². The molecule has 2 aromatic heterocycles. The number of aromatic nitrogens is 1. The number of furan rings is 1. The summed E-state index contributed by atoms with van der Waals surface area (Å²) in [5.74, 6) is -0.941. The van der Waals surface area contributed by atoms with E-state index in [1.165, 1.54) is 0 Å². The summed E-state index contributed by atoms with van der Waals surface area (Å²) in [6, 6.07) is 12.3. The molecule has 0 amide bonds. The zero-order chi connectivity index (χ0) is 15.0. The third-order valence-corrected chi connectivity index (χ3v) is 3.44. The van der Waals surface area contributed by atoms with E-state index in [2.05, 4.69) is 0 Å². The predicted octanol–water partition coefficient (Wildman–Crippen LogP) is 2.63. The Balaban J connectivity index is 1.98. The fourth-order valence-corrected chi connectivity index (χ4v) is 2.33. The van der Waals surface area contributed by atoms with E-state index in [1.807, 2.05) is 18.2 Å². The highest BCUT2D eigenvalue weighted by Gasteiger charge is 2.19. The maximum atomic E-state index is 12.5. The van der Waals surface area contributed by atoms with Crippen LogP contribution in [0.3, 0.4) is 0 Å². The normalized spacial score (nSPS) is 10.9. The standard InChI is InChI=1S/C16H13NO4/c1-17-11(9-15(18)19)6-7-12(17)16(20)14-8-10-4-2-3-5-13(10)21-14/h2-8H,9H2,1H3,(H,18,19). The number of benzene rings is 1. The van der Waals surface area contributed by atoms with E-state index in [1.54, 1.807) is 35.9 Å². The molecule has 0 fully saturated rings. The fourth-order valence-electron chi connectivity index (χ4n) is 2.33. The molecule has 0 aliphatic heterocycles. The zero-order valence-corrected chi connectivity index (χ0v) is 11.4. The molecule has 21 heavy (non-hydrogen) atoms. The van der Waals surface area contributed by atoms with Crippen molar-refractivity contribution in [2.75, 3.05) is 0 Å². The number of nitrogens with zero attached hydrogens (tertiary/aromatic N) is 1. The summed E-state index contributed by atoms with van der Waals surface area (Å²) in [7, 11) is 1.67. The van der Waals surface area contributed by atoms with E-state index in [4.69, 9.17) is 9.52 Å². The predicted molar refractivity (Wildman–Crippen MR) is 76.4 cm³/mol. The molecule has 5 nitrogen and oxygen atoms in total. The molecule has 0 radical (unpaired) electrons. The molecule has 3 rings (SSSR count). The van der Waals surface area contributed by atoms with Crippen LogP contribution in [0.1, 0.15) is 21.9 Å². The monoisotopic (exact) mass is 283 g/mol. The number of fused-ring (bicyclic) bond motifs is 1. The minimum atomic E-state index is -0.932. The third kappa shape index (κ3) is 2.33. The van der Waals surface area contributed by atoms with Crippen LogP contribution in [0.4, 0.5) is 0 Å². The highest BCUT2D eigenvalue weighted by atomic mass is 16.4. The molecule has 1 aromatic carbocycles. The summed E-state index contributed by atoms with van der Waals surface area (Å²) in [4.78, 5) is 23.2. The van der Waals surface area contributed by atoms with Gasteiger partial charge in [-0.05, 0) is 24.3 Å². The number of hydrogen-bond donors (Lipinski definition) is 1. The van der Waals surface area contributed by atoms with Crippen molar-refractivity contribution < 1.29 is 19.1 Å². The van der Waals surface area contributed by atoms with Crippen molar-refractivity contribution in [2.24, 2.45) is 7.05 Å². The summed E-state index contributed by atoms with van der Waals surface area (Å²) >= 11 is 0. The number of carboxylic acid groups (broad SMARTS) is 1. The van der Waals surface area contributed by atoms with Crippen molar-refractivity contribution >= 4 is 22.7 Å². The van der Waals surface area contributed by atoms with Gasteiger partial charge >= 0.3 is 5.97 Å². The molecule has 0 saturated heterocycles. The van der Waals surface area contributed by atoms with Crippen molar-refractivity contribution in [1.82, 2.24) is 4.57 Å². The van der Waals surface area contributed by atoms with Gasteiger partial charge in [-0.25, -0.2) is 0 Å². The molecule has 3 aromatic rings. The number of para-hydroxylation sites is 1. The van der Waals surface area contributed by atoms with Crippen LogP contribution in [0.5, 0.6) is 0 Å². The molecular formula is C16H13NO4. The van der Waals surface area contributed by atoms with Gasteiger partial charge in [0, 0.05) is 18.1 Å². The van der Waals surface area contributed by atoms with Gasteiger partial charge in [-0.3, -0.25) is 9.59 Å². The second-order valence-electron chi connectivity index (χ2n) is 4.82. The van der Waals surface area contributed by atoms with Gasteiger partial charge in [0.1, 0.15) is 5.58 Å². The first-order valence-electron chi connectivity index (χ1n) is 6.46. The Morgan fingerprint density at radius 3 is 2.67 bits per heavy atom. The lowest BCUT2D eigenvalue weighted by atomic mass is 10.2. The third-order valence-electron chi connectivity index (χ3n) is 3.44. The molecule has 0 atom stereocenters. The largest absolute Gasteiger partial charge is 0.481 e. The number of ketones is 1. The second kappa shape index (κ2) is 4.94. The Morgan fingerprint density at radius 2 is 1.95 bits per heavy atom. The molecule has 106 valence electrons. The number of carbonyl (C=O) groups is 2. The Kier molecular flexibility index (Phi) is 3.10. The molecule has 0 spiro atoms. The summed E-state index contributed by atoms with van der Waals surface area (Å²) in [5.41, 5.74) is 1.63. The Bertz CT molecular complexity index is 808. The first-order valence-corrected chi connectivity index (χ1v) is 6.46. The van der Waals surface area contributed by atoms with Crippen molar-refractivity contribution in [3.63, 3.8) is 0 Å². The smallest absolute Gasteiger partial charge is 0.309 e. The molecule has 0 saturated carbocycles. The quantitative estimate of drug-likeness (QED) is 0.747. The van der Waals surface area contributed by atoms with E-state index in [0.29, 0.717) is 17.0 Å². The Hall–Kier alpha value is -2.82. The number of carbonyl (C=O) groups excluding carboxylic acids is 1. The van der Waals surface area contributed by atoms with E-state index < -0.39 is 5.97 Å². The molecular weight excluding hydrogens is 270 g/mol. The number of carboxylic acids is 1. The van der Waals surface area contributed by atoms with Crippen LogP contribution in [0.2, 0.25) is 0 Å². The summed E-state index contributed by atoms with van der Waals surface area (Å²) in [6.07, 6.45) is -0.121. The molecule has 5 heteroatoms. The minimum absolute atomic E-state index is 0.121. The van der Waals surface area contributed by atoms with E-state index in [0.717, 1.165) is 5.39 Å². The van der Waals surface area contributed by atoms with Crippen molar-refractivity contribution in [1.29, 1.82) is 0 Å². The lowest BCUT2D eigenvalue weighted by molar-refractivity contribution is -0.136. The molecule has 0 unspecified atom stereocenters. The topological polar surface area (TPSA) is 72.4 Å². The molecule has 0 aliphatic carbocycles. The minimum Gasteiger partial charge on any atom is -0.481 e. The van der Waals surface area contributed by atoms with Crippen LogP contribution in [-0.2, 0) is 18.3 Å². The molecule has 0 bridgehead atoms. The van der Waals surface area contributed by atoms with E-state index in [-0.39, 0.29) is 18.0 Å². The average Bonchev–Trinajstić information content (AvgIpc) is 3.02. The van der Waals surface area contributed by atoms with Gasteiger partial charge in [0.05, 0.1) is 12.1 Å². The highest BCUT2D eigenvalue weighted by Crippen LogP contribution is 2.22. The maximum Gasteiger partial charge on any atom is 0.309 e. The molecule has 1 N–H and O–H groups in total. The number of aliphatic carboxylic acids is 1. The van der Waals surface area contributed by atoms with Crippen LogP contribution in [0.15, 0.2) is 46.9 Å². The van der Waals surface area contributed by atoms with Gasteiger partial charge in [0.25, 0.3) is 0 Å². The van der Waals surface area contributed by atoms with Crippen molar-refractivity contribution in [3.8, 4) is 0 Å². The summed E-state index contributed by atoms with van der Waals surface area (Å²) in [5, 5.41) is 9.70. The fraction of sp³-hybridized carbons (Fsp3) is 0.125. The first-order chi connectivity index (χ1) is 10.1. The number of rotatable bonds is 4. The maximum absolute atomic E-state index is 12.5. The van der Waals surface area contributed by atoms with Gasteiger partial charge in [-0.1, -0.05) is 18.2 Å². The lowest BCUT2D eigenvalue weighted by Crippen LogP contribution is -2.11. The van der Waals surface area contributed by atoms with E-state index in [9.17, 15) is 9.59 Å². The Labute approximate surface area is 120 Å². The average molecular weight is 283 g/mol. The summed E-state index contributed by atoms with van der Waals surface area (Å²) < 4.78 is 7.14. The number of hydrogen-bond acceptors (Lipinski definition) is 3. The van der Waals surface area contributed by atoms with Crippen molar-refractivity contribution in [3.05, 3.63) is 59.6 Å². The van der Waals surface area contributed by atoms with Crippen LogP contribution in [0.25, 0.3) is 11.0 Å². The SMILES string of the molecule is Cn1c(CC(=O)O)ccc1C(=O)c1cc2ccccc2o1. The van der Waals surface area contributed by atoms with Crippen molar-refractivity contribution in [2.45, 2.75) is 6.42 Å².